The van der Waals surface area contributed by atoms with Gasteiger partial charge < -0.3 is 10.2 Å². The third-order valence-electron chi connectivity index (χ3n) is 11.4. The molecular weight excluding hydrogens is 436 g/mol. The quantitative estimate of drug-likeness (QED) is 0.411. The van der Waals surface area contributed by atoms with E-state index in [2.05, 4.69) is 67.2 Å². The fourth-order valence-electron chi connectivity index (χ4n) is 8.72. The predicted octanol–water partition coefficient (Wildman–Crippen LogP) is 6.74. The summed E-state index contributed by atoms with van der Waals surface area (Å²) in [6.45, 7) is 19.4. The summed E-state index contributed by atoms with van der Waals surface area (Å²) in [7, 11) is 0. The second-order valence-corrected chi connectivity index (χ2v) is 13.6. The molecule has 4 aliphatic rings. The fourth-order valence-corrected chi connectivity index (χ4v) is 8.72. The molecule has 2 N–H and O–H groups in total. The Kier molecular flexibility index (Phi) is 6.36. The van der Waals surface area contributed by atoms with Crippen LogP contribution < -0.4 is 0 Å². The number of carbonyl (C=O) groups is 2. The summed E-state index contributed by atoms with van der Waals surface area (Å²) < 4.78 is 0. The summed E-state index contributed by atoms with van der Waals surface area (Å²) in [6, 6.07) is 0. The Morgan fingerprint density at radius 2 is 1.80 bits per heavy atom. The van der Waals surface area contributed by atoms with Crippen LogP contribution in [0.1, 0.15) is 93.4 Å². The van der Waals surface area contributed by atoms with Gasteiger partial charge >= 0.3 is 5.97 Å². The van der Waals surface area contributed by atoms with Gasteiger partial charge in [0.1, 0.15) is 5.78 Å². The number of allylic oxidation sites excluding steroid dienone is 5. The summed E-state index contributed by atoms with van der Waals surface area (Å²) in [5.41, 5.74) is 2.72. The van der Waals surface area contributed by atoms with Gasteiger partial charge in [0.05, 0.1) is 12.0 Å². The lowest BCUT2D eigenvalue weighted by molar-refractivity contribution is -0.148. The van der Waals surface area contributed by atoms with E-state index in [-0.39, 0.29) is 33.5 Å². The molecule has 0 aliphatic heterocycles. The molecule has 0 aromatic heterocycles. The third-order valence-corrected chi connectivity index (χ3v) is 11.4. The van der Waals surface area contributed by atoms with Crippen molar-refractivity contribution in [3.05, 3.63) is 35.5 Å². The van der Waals surface area contributed by atoms with Crippen LogP contribution in [0.5, 0.6) is 0 Å². The second kappa shape index (κ2) is 8.43. The van der Waals surface area contributed by atoms with Gasteiger partial charge in [-0.1, -0.05) is 72.8 Å². The Morgan fingerprint density at radius 3 is 2.40 bits per heavy atom. The van der Waals surface area contributed by atoms with Crippen LogP contribution in [0.4, 0.5) is 0 Å². The van der Waals surface area contributed by atoms with Gasteiger partial charge in [-0.15, -0.1) is 0 Å². The number of Topliss-reactive ketones (excluding diaryl/α,β-unsaturated/α-hetero) is 1. The zero-order valence-electron chi connectivity index (χ0n) is 22.9. The molecule has 2 fully saturated rings. The highest BCUT2D eigenvalue weighted by Crippen LogP contribution is 2.71. The number of carbonyl (C=O) groups excluding carboxylic acids is 1. The van der Waals surface area contributed by atoms with Crippen LogP contribution in [0.15, 0.2) is 35.5 Å². The van der Waals surface area contributed by atoms with Gasteiger partial charge in [0.15, 0.2) is 0 Å². The van der Waals surface area contributed by atoms with E-state index in [1.807, 2.05) is 0 Å². The highest BCUT2D eigenvalue weighted by Gasteiger charge is 2.66. The molecule has 4 aliphatic carbocycles. The van der Waals surface area contributed by atoms with Crippen LogP contribution in [0, 0.1) is 45.3 Å². The summed E-state index contributed by atoms with van der Waals surface area (Å²) in [6.07, 6.45) is 8.97. The topological polar surface area (TPSA) is 74.6 Å². The number of hydrogen-bond acceptors (Lipinski definition) is 3. The van der Waals surface area contributed by atoms with Crippen molar-refractivity contribution in [3.8, 4) is 0 Å². The van der Waals surface area contributed by atoms with Crippen LogP contribution in [0.25, 0.3) is 0 Å². The molecule has 0 saturated heterocycles. The molecule has 0 amide bonds. The Labute approximate surface area is 212 Å². The minimum Gasteiger partial charge on any atom is -0.481 e. The summed E-state index contributed by atoms with van der Waals surface area (Å²) in [5, 5.41) is 21.8. The molecule has 0 radical (unpaired) electrons. The Balaban J connectivity index is 1.73. The highest BCUT2D eigenvalue weighted by molar-refractivity contribution is 5.86. The lowest BCUT2D eigenvalue weighted by atomic mass is 9.44. The first-order valence-electron chi connectivity index (χ1n) is 13.6. The maximum atomic E-state index is 12.8. The molecule has 0 aromatic carbocycles. The Morgan fingerprint density at radius 1 is 1.14 bits per heavy atom. The van der Waals surface area contributed by atoms with Gasteiger partial charge in [-0.2, -0.15) is 0 Å². The van der Waals surface area contributed by atoms with Crippen LogP contribution in [0.3, 0.4) is 0 Å². The van der Waals surface area contributed by atoms with E-state index < -0.39 is 18.0 Å². The first-order valence-corrected chi connectivity index (χ1v) is 13.6. The molecule has 7 atom stereocenters. The van der Waals surface area contributed by atoms with Crippen molar-refractivity contribution in [1.29, 1.82) is 0 Å². The zero-order chi connectivity index (χ0) is 26.1. The van der Waals surface area contributed by atoms with Gasteiger partial charge in [0.2, 0.25) is 0 Å². The molecule has 0 spiro atoms. The lowest BCUT2D eigenvalue weighted by Gasteiger charge is -2.59. The first-order chi connectivity index (χ1) is 16.1. The summed E-state index contributed by atoms with van der Waals surface area (Å²) in [4.78, 5) is 25.4. The first kappa shape index (κ1) is 26.4. The van der Waals surface area contributed by atoms with Crippen molar-refractivity contribution in [2.75, 3.05) is 0 Å². The Hall–Kier alpha value is -1.68. The van der Waals surface area contributed by atoms with E-state index in [0.29, 0.717) is 37.4 Å². The third kappa shape index (κ3) is 3.64. The van der Waals surface area contributed by atoms with Gasteiger partial charge in [0.25, 0.3) is 0 Å². The number of fused-ring (bicyclic) bond motifs is 5. The van der Waals surface area contributed by atoms with Crippen LogP contribution in [-0.4, -0.2) is 28.1 Å². The smallest absolute Gasteiger partial charge is 0.306 e. The number of aliphatic carboxylic acids is 1. The Bertz CT molecular complexity index is 999. The second-order valence-electron chi connectivity index (χ2n) is 13.6. The number of hydrogen-bond donors (Lipinski definition) is 2. The minimum absolute atomic E-state index is 0.0594. The van der Waals surface area contributed by atoms with E-state index in [9.17, 15) is 19.8 Å². The zero-order valence-corrected chi connectivity index (χ0v) is 22.9. The van der Waals surface area contributed by atoms with Crippen molar-refractivity contribution in [1.82, 2.24) is 0 Å². The van der Waals surface area contributed by atoms with Gasteiger partial charge in [-0.05, 0) is 72.3 Å². The van der Waals surface area contributed by atoms with Crippen LogP contribution >= 0.6 is 0 Å². The van der Waals surface area contributed by atoms with Crippen LogP contribution in [-0.2, 0) is 9.59 Å². The molecule has 0 bridgehead atoms. The van der Waals surface area contributed by atoms with Crippen molar-refractivity contribution >= 4 is 11.8 Å². The van der Waals surface area contributed by atoms with Gasteiger partial charge in [-0.25, -0.2) is 0 Å². The lowest BCUT2D eigenvalue weighted by Crippen LogP contribution is -2.53. The monoisotopic (exact) mass is 482 g/mol. The number of carboxylic acid groups (broad SMARTS) is 1. The number of aliphatic hydroxyl groups is 1. The summed E-state index contributed by atoms with van der Waals surface area (Å²) in [5.74, 6) is -0.739. The molecule has 35 heavy (non-hydrogen) atoms. The van der Waals surface area contributed by atoms with Crippen molar-refractivity contribution in [2.24, 2.45) is 45.3 Å². The summed E-state index contributed by atoms with van der Waals surface area (Å²) >= 11 is 0. The molecule has 0 unspecified atom stereocenters. The largest absolute Gasteiger partial charge is 0.481 e. The molecule has 2 saturated carbocycles. The average Bonchev–Trinajstić information content (AvgIpc) is 2.97. The molecule has 0 heterocycles. The molecule has 4 heteroatoms. The van der Waals surface area contributed by atoms with E-state index in [0.717, 1.165) is 24.8 Å². The molecule has 0 aromatic rings. The molecule has 4 rings (SSSR count). The maximum absolute atomic E-state index is 12.8. The fraction of sp³-hybridized carbons (Fsp3) is 0.742. The van der Waals surface area contributed by atoms with Crippen molar-refractivity contribution in [3.63, 3.8) is 0 Å². The number of ketones is 1. The van der Waals surface area contributed by atoms with Gasteiger partial charge in [0, 0.05) is 23.2 Å². The van der Waals surface area contributed by atoms with E-state index in [1.165, 1.54) is 11.1 Å². The van der Waals surface area contributed by atoms with E-state index in [4.69, 9.17) is 0 Å². The highest BCUT2D eigenvalue weighted by atomic mass is 16.4. The normalized spacial score (nSPS) is 40.8. The van der Waals surface area contributed by atoms with E-state index >= 15 is 0 Å². The SMILES string of the molecule is C=C(CC[C@H](C(=O)O)[C@H]1[C@H](O)C[C@@]2(C)C3=CC[C@H]4C(C)(C)C(=O)CC[C@]4(C)C3=CC[C@]12C)C(C)C. The molecule has 4 nitrogen and oxygen atoms in total. The minimum atomic E-state index is -0.803. The number of aliphatic hydroxyl groups excluding tert-OH is 1. The van der Waals surface area contributed by atoms with Gasteiger partial charge in [-0.3, -0.25) is 9.59 Å². The molecule has 194 valence electrons. The van der Waals surface area contributed by atoms with Crippen LogP contribution in [0.2, 0.25) is 0 Å². The number of rotatable bonds is 6. The predicted molar refractivity (Wildman–Crippen MR) is 140 cm³/mol. The maximum Gasteiger partial charge on any atom is 0.306 e. The molecular formula is C31H46O4. The van der Waals surface area contributed by atoms with Crippen molar-refractivity contribution < 1.29 is 19.8 Å². The number of carboxylic acids is 1. The van der Waals surface area contributed by atoms with E-state index in [1.54, 1.807) is 0 Å². The average molecular weight is 483 g/mol. The van der Waals surface area contributed by atoms with Crippen molar-refractivity contribution in [2.45, 2.75) is 99.5 Å². The standard InChI is InChI=1S/C31H46O4/c1-18(2)19(3)9-10-20(27(34)35)26-23(32)17-31(8)22-11-12-24-28(4,5)25(33)14-15-29(24,6)21(22)13-16-30(26,31)7/h11,13,18,20,23-24,26,32H,3,9-10,12,14-17H2,1-2,4-8H3,(H,34,35)/t20-,23+,24-,26-,29+,30+,31-/m0/s1.